The van der Waals surface area contributed by atoms with E-state index < -0.39 is 0 Å². The summed E-state index contributed by atoms with van der Waals surface area (Å²) in [4.78, 5) is 22.4. The van der Waals surface area contributed by atoms with Crippen molar-refractivity contribution in [2.45, 2.75) is 18.9 Å². The molecule has 0 saturated carbocycles. The summed E-state index contributed by atoms with van der Waals surface area (Å²) in [5.41, 5.74) is 0.639. The van der Waals surface area contributed by atoms with Gasteiger partial charge in [-0.05, 0) is 39.1 Å². The van der Waals surface area contributed by atoms with Gasteiger partial charge in [-0.25, -0.2) is 4.98 Å². The second-order valence-electron chi connectivity index (χ2n) is 5.81. The van der Waals surface area contributed by atoms with Gasteiger partial charge < -0.3 is 14.7 Å². The van der Waals surface area contributed by atoms with Crippen molar-refractivity contribution in [2.24, 2.45) is 0 Å². The molecule has 2 heterocycles. The molecule has 1 aliphatic heterocycles. The van der Waals surface area contributed by atoms with E-state index in [-0.39, 0.29) is 5.91 Å². The number of hydrogen-bond donors (Lipinski definition) is 0. The summed E-state index contributed by atoms with van der Waals surface area (Å²) in [5, 5.41) is 0. The molecule has 0 aromatic carbocycles. The molecule has 0 spiro atoms. The van der Waals surface area contributed by atoms with E-state index in [0.717, 1.165) is 18.9 Å². The highest BCUT2D eigenvalue weighted by Crippen LogP contribution is 2.20. The number of carbonyl (C=O) groups excluding carboxylic acids is 1. The summed E-state index contributed by atoms with van der Waals surface area (Å²) in [6.45, 7) is 2.04. The Morgan fingerprint density at radius 1 is 1.30 bits per heavy atom. The average Bonchev–Trinajstić information content (AvgIpc) is 2.46. The fourth-order valence-electron chi connectivity index (χ4n) is 2.54. The second kappa shape index (κ2) is 6.22. The first-order valence-electron chi connectivity index (χ1n) is 7.08. The number of aromatic nitrogens is 1. The van der Waals surface area contributed by atoms with Gasteiger partial charge in [-0.1, -0.05) is 0 Å². The van der Waals surface area contributed by atoms with E-state index in [9.17, 15) is 4.79 Å². The van der Waals surface area contributed by atoms with Gasteiger partial charge in [0.2, 0.25) is 0 Å². The van der Waals surface area contributed by atoms with Gasteiger partial charge in [-0.2, -0.15) is 0 Å². The zero-order chi connectivity index (χ0) is 14.7. The lowest BCUT2D eigenvalue weighted by atomic mass is 10.0. The van der Waals surface area contributed by atoms with Gasteiger partial charge in [0.25, 0.3) is 5.91 Å². The summed E-state index contributed by atoms with van der Waals surface area (Å²) < 4.78 is 0. The van der Waals surface area contributed by atoms with Gasteiger partial charge in [0.05, 0.1) is 5.56 Å². The minimum Gasteiger partial charge on any atom is -0.355 e. The average molecular weight is 276 g/mol. The number of carbonyl (C=O) groups is 1. The van der Waals surface area contributed by atoms with Crippen molar-refractivity contribution in [3.63, 3.8) is 0 Å². The van der Waals surface area contributed by atoms with E-state index in [1.807, 2.05) is 12.1 Å². The van der Waals surface area contributed by atoms with Crippen LogP contribution in [-0.2, 0) is 0 Å². The van der Waals surface area contributed by atoms with Gasteiger partial charge in [-0.3, -0.25) is 4.79 Å². The zero-order valence-corrected chi connectivity index (χ0v) is 12.8. The van der Waals surface area contributed by atoms with Gasteiger partial charge >= 0.3 is 0 Å². The highest BCUT2D eigenvalue weighted by molar-refractivity contribution is 5.93. The van der Waals surface area contributed by atoms with E-state index >= 15 is 0 Å². The Bertz CT molecular complexity index is 455. The van der Waals surface area contributed by atoms with Crippen LogP contribution in [0.15, 0.2) is 18.3 Å². The minimum absolute atomic E-state index is 0.00568. The normalized spacial score (nSPS) is 19.2. The molecule has 1 fully saturated rings. The molecule has 2 rings (SSSR count). The molecule has 1 unspecified atom stereocenters. The molecule has 20 heavy (non-hydrogen) atoms. The molecule has 5 heteroatoms. The first-order chi connectivity index (χ1) is 9.49. The molecule has 1 saturated heterocycles. The molecule has 1 amide bonds. The maximum absolute atomic E-state index is 11.8. The number of amides is 1. The van der Waals surface area contributed by atoms with Crippen LogP contribution in [0.5, 0.6) is 0 Å². The van der Waals surface area contributed by atoms with E-state index in [2.05, 4.69) is 28.9 Å². The number of anilines is 1. The quantitative estimate of drug-likeness (QED) is 0.834. The van der Waals surface area contributed by atoms with E-state index in [1.54, 1.807) is 25.2 Å². The number of rotatable bonds is 3. The van der Waals surface area contributed by atoms with Gasteiger partial charge in [-0.15, -0.1) is 0 Å². The number of nitrogens with zero attached hydrogens (tertiary/aromatic N) is 4. The molecule has 1 aromatic heterocycles. The third-order valence-electron chi connectivity index (χ3n) is 3.85. The summed E-state index contributed by atoms with van der Waals surface area (Å²) >= 11 is 0. The molecule has 0 aliphatic carbocycles. The lowest BCUT2D eigenvalue weighted by molar-refractivity contribution is 0.0827. The van der Waals surface area contributed by atoms with E-state index in [1.165, 1.54) is 12.8 Å². The van der Waals surface area contributed by atoms with Gasteiger partial charge in [0, 0.05) is 39.4 Å². The Hall–Kier alpha value is -1.62. The van der Waals surface area contributed by atoms with Crippen LogP contribution in [0, 0.1) is 0 Å². The van der Waals surface area contributed by atoms with E-state index in [4.69, 9.17) is 0 Å². The van der Waals surface area contributed by atoms with Crippen LogP contribution in [0.25, 0.3) is 0 Å². The molecule has 0 bridgehead atoms. The summed E-state index contributed by atoms with van der Waals surface area (Å²) in [5.74, 6) is 0.959. The number of hydrogen-bond acceptors (Lipinski definition) is 4. The highest BCUT2D eigenvalue weighted by atomic mass is 16.2. The Labute approximate surface area is 121 Å². The van der Waals surface area contributed by atoms with Crippen LogP contribution in [0.4, 0.5) is 5.82 Å². The second-order valence-corrected chi connectivity index (χ2v) is 5.81. The van der Waals surface area contributed by atoms with Gasteiger partial charge in [0.15, 0.2) is 0 Å². The van der Waals surface area contributed by atoms with Crippen LogP contribution in [-0.4, -0.2) is 68.0 Å². The number of piperidine rings is 1. The molecule has 0 radical (unpaired) electrons. The number of likely N-dealkylation sites (N-methyl/N-ethyl adjacent to an activating group) is 1. The Morgan fingerprint density at radius 2 is 2.05 bits per heavy atom. The molecule has 1 atom stereocenters. The number of pyridine rings is 1. The van der Waals surface area contributed by atoms with Crippen molar-refractivity contribution in [1.82, 2.24) is 14.8 Å². The zero-order valence-electron chi connectivity index (χ0n) is 12.8. The molecule has 110 valence electrons. The molecular formula is C15H24N4O. The molecule has 0 N–H and O–H groups in total. The maximum Gasteiger partial charge on any atom is 0.254 e. The molecule has 5 nitrogen and oxygen atoms in total. The molecule has 1 aromatic rings. The van der Waals surface area contributed by atoms with Crippen molar-refractivity contribution < 1.29 is 4.79 Å². The van der Waals surface area contributed by atoms with Crippen LogP contribution in [0.1, 0.15) is 23.2 Å². The first kappa shape index (κ1) is 14.8. The lowest BCUT2D eigenvalue weighted by Crippen LogP contribution is -2.45. The van der Waals surface area contributed by atoms with Crippen LogP contribution in [0.3, 0.4) is 0 Å². The topological polar surface area (TPSA) is 39.7 Å². The van der Waals surface area contributed by atoms with Crippen molar-refractivity contribution >= 4 is 11.7 Å². The standard InChI is InChI=1S/C15H24N4O/c1-17(2)13-6-5-9-19(11-13)14-8-7-12(10-16-14)15(20)18(3)4/h7-8,10,13H,5-6,9,11H2,1-4H3. The Kier molecular flexibility index (Phi) is 4.60. The molecular weight excluding hydrogens is 252 g/mol. The predicted molar refractivity (Wildman–Crippen MR) is 81.2 cm³/mol. The SMILES string of the molecule is CN(C)C(=O)c1ccc(N2CCCC(N(C)C)C2)nc1. The third-order valence-corrected chi connectivity index (χ3v) is 3.85. The largest absolute Gasteiger partial charge is 0.355 e. The lowest BCUT2D eigenvalue weighted by Gasteiger charge is -2.36. The van der Waals surface area contributed by atoms with Crippen molar-refractivity contribution in [2.75, 3.05) is 46.2 Å². The van der Waals surface area contributed by atoms with Crippen LogP contribution >= 0.6 is 0 Å². The predicted octanol–water partition coefficient (Wildman–Crippen LogP) is 1.31. The monoisotopic (exact) mass is 276 g/mol. The van der Waals surface area contributed by atoms with E-state index in [0.29, 0.717) is 11.6 Å². The smallest absolute Gasteiger partial charge is 0.254 e. The third kappa shape index (κ3) is 3.28. The summed E-state index contributed by atoms with van der Waals surface area (Å²) in [6.07, 6.45) is 4.10. The van der Waals surface area contributed by atoms with Gasteiger partial charge in [0.1, 0.15) is 5.82 Å². The molecule has 1 aliphatic rings. The Morgan fingerprint density at radius 3 is 2.60 bits per heavy atom. The maximum atomic E-state index is 11.8. The fourth-order valence-corrected chi connectivity index (χ4v) is 2.54. The minimum atomic E-state index is -0.00568. The fraction of sp³-hybridized carbons (Fsp3) is 0.600. The van der Waals surface area contributed by atoms with Crippen LogP contribution < -0.4 is 4.90 Å². The highest BCUT2D eigenvalue weighted by Gasteiger charge is 2.22. The first-order valence-corrected chi connectivity index (χ1v) is 7.08. The summed E-state index contributed by atoms with van der Waals surface area (Å²) in [6, 6.07) is 4.40. The van der Waals surface area contributed by atoms with Crippen molar-refractivity contribution in [3.05, 3.63) is 23.9 Å². The Balaban J connectivity index is 2.08. The summed E-state index contributed by atoms with van der Waals surface area (Å²) in [7, 11) is 7.76. The van der Waals surface area contributed by atoms with Crippen LogP contribution in [0.2, 0.25) is 0 Å². The van der Waals surface area contributed by atoms with Crippen molar-refractivity contribution in [3.8, 4) is 0 Å². The van der Waals surface area contributed by atoms with Crippen molar-refractivity contribution in [1.29, 1.82) is 0 Å².